The predicted octanol–water partition coefficient (Wildman–Crippen LogP) is 2.96. The lowest BCUT2D eigenvalue weighted by Gasteiger charge is -2.32. The lowest BCUT2D eigenvalue weighted by atomic mass is 9.96. The molecule has 1 unspecified atom stereocenters. The van der Waals surface area contributed by atoms with Gasteiger partial charge in [0.05, 0.1) is 4.90 Å². The molecule has 0 saturated carbocycles. The number of likely N-dealkylation sites (tertiary alicyclic amines) is 1. The average molecular weight is 433 g/mol. The molecule has 0 aliphatic carbocycles. The molecule has 30 heavy (non-hydrogen) atoms. The van der Waals surface area contributed by atoms with E-state index < -0.39 is 10.0 Å². The van der Waals surface area contributed by atoms with Crippen LogP contribution in [0.25, 0.3) is 0 Å². The maximum atomic E-state index is 13.1. The average Bonchev–Trinajstić information content (AvgIpc) is 3.20. The van der Waals surface area contributed by atoms with Gasteiger partial charge < -0.3 is 9.42 Å². The van der Waals surface area contributed by atoms with Crippen molar-refractivity contribution in [3.63, 3.8) is 0 Å². The Morgan fingerprint density at radius 2 is 1.90 bits per heavy atom. The number of sulfonamides is 1. The number of nitrogens with zero attached hydrogens (tertiary/aromatic N) is 4. The van der Waals surface area contributed by atoms with Gasteiger partial charge in [-0.3, -0.25) is 4.79 Å². The van der Waals surface area contributed by atoms with Crippen molar-refractivity contribution in [2.45, 2.75) is 62.8 Å². The standard InChI is InChI=1S/C21H28N4O4S/c1-15-6-3-4-11-25(15)30(27,28)19-8-5-7-18(14-19)21(26)24-12-9-17(10-13-24)20-22-16(2)23-29-20/h5,7-8,14-15,17H,3-4,6,9-13H2,1-2H3. The number of aromatic nitrogens is 2. The summed E-state index contributed by atoms with van der Waals surface area (Å²) in [5, 5.41) is 3.84. The van der Waals surface area contributed by atoms with Gasteiger partial charge in [-0.2, -0.15) is 9.29 Å². The van der Waals surface area contributed by atoms with Crippen LogP contribution in [0.5, 0.6) is 0 Å². The molecule has 2 saturated heterocycles. The first-order chi connectivity index (χ1) is 14.4. The Morgan fingerprint density at radius 1 is 1.13 bits per heavy atom. The van der Waals surface area contributed by atoms with E-state index >= 15 is 0 Å². The molecule has 0 N–H and O–H groups in total. The summed E-state index contributed by atoms with van der Waals surface area (Å²) in [5.74, 6) is 1.26. The highest BCUT2D eigenvalue weighted by Crippen LogP contribution is 2.29. The third-order valence-corrected chi connectivity index (χ3v) is 8.11. The number of carbonyl (C=O) groups excluding carboxylic acids is 1. The van der Waals surface area contributed by atoms with Crippen LogP contribution < -0.4 is 0 Å². The van der Waals surface area contributed by atoms with Gasteiger partial charge in [0.2, 0.25) is 15.9 Å². The van der Waals surface area contributed by atoms with Gasteiger partial charge in [0.1, 0.15) is 0 Å². The van der Waals surface area contributed by atoms with Gasteiger partial charge in [-0.05, 0) is 57.7 Å². The fourth-order valence-electron chi connectivity index (χ4n) is 4.34. The summed E-state index contributed by atoms with van der Waals surface area (Å²) in [6, 6.07) is 6.43. The maximum absolute atomic E-state index is 13.1. The number of carbonyl (C=O) groups is 1. The Balaban J connectivity index is 1.47. The topological polar surface area (TPSA) is 96.6 Å². The van der Waals surface area contributed by atoms with Crippen LogP contribution in [0.3, 0.4) is 0 Å². The van der Waals surface area contributed by atoms with E-state index in [0.717, 1.165) is 32.1 Å². The molecule has 2 fully saturated rings. The molecule has 3 heterocycles. The summed E-state index contributed by atoms with van der Waals surface area (Å²) in [6.07, 6.45) is 4.28. The quantitative estimate of drug-likeness (QED) is 0.737. The van der Waals surface area contributed by atoms with Crippen LogP contribution >= 0.6 is 0 Å². The van der Waals surface area contributed by atoms with Crippen LogP contribution in [0.15, 0.2) is 33.7 Å². The molecule has 0 radical (unpaired) electrons. The van der Waals surface area contributed by atoms with Gasteiger partial charge in [-0.15, -0.1) is 0 Å². The molecule has 0 bridgehead atoms. The van der Waals surface area contributed by atoms with Crippen molar-refractivity contribution >= 4 is 15.9 Å². The van der Waals surface area contributed by atoms with Crippen LogP contribution in [-0.2, 0) is 10.0 Å². The first-order valence-corrected chi connectivity index (χ1v) is 12.0. The summed E-state index contributed by atoms with van der Waals surface area (Å²) >= 11 is 0. The van der Waals surface area contributed by atoms with Gasteiger partial charge in [0, 0.05) is 37.2 Å². The molecule has 2 aromatic rings. The van der Waals surface area contributed by atoms with Crippen molar-refractivity contribution in [2.24, 2.45) is 0 Å². The molecule has 8 nitrogen and oxygen atoms in total. The van der Waals surface area contributed by atoms with Crippen molar-refractivity contribution < 1.29 is 17.7 Å². The number of hydrogen-bond acceptors (Lipinski definition) is 6. The van der Waals surface area contributed by atoms with Crippen LogP contribution in [0.1, 0.15) is 67.0 Å². The van der Waals surface area contributed by atoms with Crippen molar-refractivity contribution in [1.82, 2.24) is 19.3 Å². The van der Waals surface area contributed by atoms with E-state index in [1.807, 2.05) is 6.92 Å². The monoisotopic (exact) mass is 432 g/mol. The number of piperidine rings is 2. The second-order valence-electron chi connectivity index (χ2n) is 8.23. The molecule has 0 spiro atoms. The number of aryl methyl sites for hydroxylation is 1. The second kappa shape index (κ2) is 8.47. The van der Waals surface area contributed by atoms with E-state index in [0.29, 0.717) is 36.9 Å². The number of hydrogen-bond donors (Lipinski definition) is 0. The minimum absolute atomic E-state index is 0.0181. The van der Waals surface area contributed by atoms with E-state index in [2.05, 4.69) is 10.1 Å². The van der Waals surface area contributed by atoms with Crippen LogP contribution in [0.4, 0.5) is 0 Å². The molecule has 1 atom stereocenters. The minimum atomic E-state index is -3.61. The van der Waals surface area contributed by atoms with E-state index in [9.17, 15) is 13.2 Å². The smallest absolute Gasteiger partial charge is 0.253 e. The van der Waals surface area contributed by atoms with Crippen molar-refractivity contribution in [3.8, 4) is 0 Å². The van der Waals surface area contributed by atoms with Crippen LogP contribution in [0.2, 0.25) is 0 Å². The summed E-state index contributed by atoms with van der Waals surface area (Å²) in [4.78, 5) is 19.3. The Labute approximate surface area is 177 Å². The largest absolute Gasteiger partial charge is 0.339 e. The normalized spacial score (nSPS) is 21.7. The Hall–Kier alpha value is -2.26. The predicted molar refractivity (Wildman–Crippen MR) is 111 cm³/mol. The van der Waals surface area contributed by atoms with Crippen molar-refractivity contribution in [1.29, 1.82) is 0 Å². The zero-order valence-corrected chi connectivity index (χ0v) is 18.3. The lowest BCUT2D eigenvalue weighted by Crippen LogP contribution is -2.42. The summed E-state index contributed by atoms with van der Waals surface area (Å²) in [7, 11) is -3.61. The molecule has 9 heteroatoms. The Kier molecular flexibility index (Phi) is 5.92. The highest BCUT2D eigenvalue weighted by atomic mass is 32.2. The fraction of sp³-hybridized carbons (Fsp3) is 0.571. The van der Waals surface area contributed by atoms with Gasteiger partial charge in [-0.1, -0.05) is 17.6 Å². The summed E-state index contributed by atoms with van der Waals surface area (Å²) < 4.78 is 33.1. The minimum Gasteiger partial charge on any atom is -0.339 e. The number of rotatable bonds is 4. The maximum Gasteiger partial charge on any atom is 0.253 e. The molecule has 4 rings (SSSR count). The third kappa shape index (κ3) is 4.13. The molecular formula is C21H28N4O4S. The van der Waals surface area contributed by atoms with E-state index in [1.54, 1.807) is 34.3 Å². The molecule has 1 amide bonds. The fourth-order valence-corrected chi connectivity index (χ4v) is 6.09. The zero-order chi connectivity index (χ0) is 21.3. The Morgan fingerprint density at radius 3 is 2.57 bits per heavy atom. The SMILES string of the molecule is Cc1noc(C2CCN(C(=O)c3cccc(S(=O)(=O)N4CCCCC4C)c3)CC2)n1. The first-order valence-electron chi connectivity index (χ1n) is 10.6. The van der Waals surface area contributed by atoms with Crippen LogP contribution in [0, 0.1) is 6.92 Å². The van der Waals surface area contributed by atoms with Gasteiger partial charge in [0.25, 0.3) is 5.91 Å². The zero-order valence-electron chi connectivity index (χ0n) is 17.5. The van der Waals surface area contributed by atoms with Gasteiger partial charge in [0.15, 0.2) is 5.82 Å². The number of benzene rings is 1. The molecular weight excluding hydrogens is 404 g/mol. The van der Waals surface area contributed by atoms with Crippen molar-refractivity contribution in [3.05, 3.63) is 41.5 Å². The third-order valence-electron chi connectivity index (χ3n) is 6.10. The molecule has 162 valence electrons. The molecule has 2 aliphatic rings. The van der Waals surface area contributed by atoms with Crippen LogP contribution in [-0.4, -0.2) is 59.3 Å². The van der Waals surface area contributed by atoms with Crippen molar-refractivity contribution in [2.75, 3.05) is 19.6 Å². The number of amides is 1. The molecule has 1 aromatic carbocycles. The lowest BCUT2D eigenvalue weighted by molar-refractivity contribution is 0.0704. The van der Waals surface area contributed by atoms with E-state index in [1.165, 1.54) is 6.07 Å². The second-order valence-corrected chi connectivity index (χ2v) is 10.1. The van der Waals surface area contributed by atoms with Gasteiger partial charge >= 0.3 is 0 Å². The van der Waals surface area contributed by atoms with E-state index in [-0.39, 0.29) is 22.8 Å². The molecule has 2 aliphatic heterocycles. The Bertz CT molecular complexity index is 1010. The summed E-state index contributed by atoms with van der Waals surface area (Å²) in [5.41, 5.74) is 0.410. The highest BCUT2D eigenvalue weighted by molar-refractivity contribution is 7.89. The summed E-state index contributed by atoms with van der Waals surface area (Å²) in [6.45, 7) is 5.42. The van der Waals surface area contributed by atoms with Gasteiger partial charge in [-0.25, -0.2) is 8.42 Å². The first kappa shape index (κ1) is 21.0. The molecule has 1 aromatic heterocycles. The highest BCUT2D eigenvalue weighted by Gasteiger charge is 2.32. The van der Waals surface area contributed by atoms with E-state index in [4.69, 9.17) is 4.52 Å².